The number of aliphatic imine (C=N–C) groups is 1. The first kappa shape index (κ1) is 22.1. The quantitative estimate of drug-likeness (QED) is 0.283. The van der Waals surface area contributed by atoms with Crippen LogP contribution in [0.3, 0.4) is 0 Å². The van der Waals surface area contributed by atoms with Crippen LogP contribution in [-0.2, 0) is 4.43 Å². The van der Waals surface area contributed by atoms with Gasteiger partial charge in [-0.2, -0.15) is 0 Å². The third kappa shape index (κ3) is 5.44. The maximum absolute atomic E-state index is 6.53. The predicted octanol–water partition coefficient (Wildman–Crippen LogP) is 6.98. The monoisotopic (exact) mass is 391 g/mol. The third-order valence-electron chi connectivity index (χ3n) is 5.38. The second-order valence-electron chi connectivity index (χ2n) is 8.09. The molecule has 0 atom stereocenters. The molecule has 0 saturated heterocycles. The van der Waals surface area contributed by atoms with E-state index in [0.29, 0.717) is 23.2 Å². The molecule has 2 aromatic rings. The molecule has 0 heterocycles. The maximum Gasteiger partial charge on any atom is 0.201 e. The van der Waals surface area contributed by atoms with Gasteiger partial charge < -0.3 is 4.43 Å². The summed E-state index contributed by atoms with van der Waals surface area (Å²) >= 11 is 0. The third-order valence-corrected chi connectivity index (χ3v) is 11.4. The lowest BCUT2D eigenvalue weighted by atomic mass is 10.2. The van der Waals surface area contributed by atoms with Gasteiger partial charge in [-0.05, 0) is 34.3 Å². The van der Waals surface area contributed by atoms with Gasteiger partial charge in [0.2, 0.25) is 8.32 Å². The van der Waals surface area contributed by atoms with Crippen molar-refractivity contribution in [1.29, 1.82) is 0 Å². The first-order valence-corrected chi connectivity index (χ1v) is 12.3. The molecule has 0 aliphatic carbocycles. The summed E-state index contributed by atoms with van der Waals surface area (Å²) in [6.45, 7) is 14.3. The normalized spacial score (nSPS) is 12.0. The minimum absolute atomic E-state index is 0.484. The second kappa shape index (κ2) is 10.4. The van der Waals surface area contributed by atoms with Gasteiger partial charge in [0.1, 0.15) is 0 Å². The maximum atomic E-state index is 6.53. The zero-order valence-electron chi connectivity index (χ0n) is 18.1. The average Bonchev–Trinajstić information content (AvgIpc) is 2.67. The zero-order chi connectivity index (χ0) is 20.6. The first-order chi connectivity index (χ1) is 13.4. The molecule has 0 fully saturated rings. The highest BCUT2D eigenvalue weighted by Gasteiger charge is 2.44. The van der Waals surface area contributed by atoms with Crippen molar-refractivity contribution in [1.82, 2.24) is 0 Å². The second-order valence-corrected chi connectivity index (χ2v) is 13.6. The molecule has 2 nitrogen and oxygen atoms in total. The van der Waals surface area contributed by atoms with Crippen molar-refractivity contribution in [3.8, 4) is 11.8 Å². The molecule has 0 aromatic heterocycles. The molecule has 3 heteroatoms. The number of benzene rings is 2. The van der Waals surface area contributed by atoms with E-state index in [1.165, 1.54) is 0 Å². The van der Waals surface area contributed by atoms with E-state index in [2.05, 4.69) is 58.4 Å². The highest BCUT2D eigenvalue weighted by molar-refractivity contribution is 6.77. The van der Waals surface area contributed by atoms with Crippen molar-refractivity contribution in [2.24, 2.45) is 4.99 Å². The van der Waals surface area contributed by atoms with E-state index in [1.54, 1.807) is 0 Å². The van der Waals surface area contributed by atoms with Crippen molar-refractivity contribution in [3.63, 3.8) is 0 Å². The van der Waals surface area contributed by atoms with E-state index in [-0.39, 0.29) is 0 Å². The van der Waals surface area contributed by atoms with Gasteiger partial charge in [0.05, 0.1) is 17.9 Å². The van der Waals surface area contributed by atoms with Crippen molar-refractivity contribution in [3.05, 3.63) is 65.7 Å². The van der Waals surface area contributed by atoms with Crippen LogP contribution in [0.2, 0.25) is 16.6 Å². The molecule has 28 heavy (non-hydrogen) atoms. The fourth-order valence-electron chi connectivity index (χ4n) is 4.17. The van der Waals surface area contributed by atoms with Gasteiger partial charge in [0, 0.05) is 6.21 Å². The van der Waals surface area contributed by atoms with E-state index in [4.69, 9.17) is 4.43 Å². The Balaban J connectivity index is 2.15. The fourth-order valence-corrected chi connectivity index (χ4v) is 9.49. The Hall–Kier alpha value is -2.15. The molecule has 0 spiro atoms. The van der Waals surface area contributed by atoms with E-state index in [9.17, 15) is 0 Å². The molecule has 0 unspecified atom stereocenters. The van der Waals surface area contributed by atoms with Crippen LogP contribution in [0.15, 0.2) is 59.6 Å². The standard InChI is InChI=1S/C25H33NOSi/c1-20(2)28(21(3)4,22(5)6)27-18-12-16-24-15-10-11-17-25(24)26-19-23-13-8-7-9-14-23/h7-11,13-15,17,19-22H,18H2,1-6H3. The van der Waals surface area contributed by atoms with Crippen LogP contribution in [0, 0.1) is 11.8 Å². The van der Waals surface area contributed by atoms with Crippen LogP contribution in [0.4, 0.5) is 5.69 Å². The summed E-state index contributed by atoms with van der Waals surface area (Å²) in [6, 6.07) is 18.1. The smallest absolute Gasteiger partial charge is 0.201 e. The molecule has 0 bridgehead atoms. The van der Waals surface area contributed by atoms with Gasteiger partial charge in [-0.25, -0.2) is 0 Å². The van der Waals surface area contributed by atoms with E-state index < -0.39 is 8.32 Å². The van der Waals surface area contributed by atoms with Crippen LogP contribution < -0.4 is 0 Å². The average molecular weight is 392 g/mol. The van der Waals surface area contributed by atoms with Crippen molar-refractivity contribution < 1.29 is 4.43 Å². The molecule has 2 rings (SSSR count). The summed E-state index contributed by atoms with van der Waals surface area (Å²) in [6.07, 6.45) is 1.88. The van der Waals surface area contributed by atoms with Crippen LogP contribution in [0.5, 0.6) is 0 Å². The minimum Gasteiger partial charge on any atom is -0.405 e. The number of rotatable bonds is 7. The molecule has 0 radical (unpaired) electrons. The van der Waals surface area contributed by atoms with Crippen LogP contribution in [-0.4, -0.2) is 21.1 Å². The molecule has 2 aromatic carbocycles. The Bertz CT molecular complexity index is 807. The number of hydrogen-bond donors (Lipinski definition) is 0. The van der Waals surface area contributed by atoms with Gasteiger partial charge in [-0.15, -0.1) is 0 Å². The van der Waals surface area contributed by atoms with E-state index in [0.717, 1.165) is 16.8 Å². The number of nitrogens with zero attached hydrogens (tertiary/aromatic N) is 1. The molecule has 0 aliphatic rings. The largest absolute Gasteiger partial charge is 0.405 e. The Morgan fingerprint density at radius 2 is 1.43 bits per heavy atom. The molecule has 0 N–H and O–H groups in total. The van der Waals surface area contributed by atoms with Gasteiger partial charge in [0.15, 0.2) is 0 Å². The van der Waals surface area contributed by atoms with Gasteiger partial charge in [-0.3, -0.25) is 4.99 Å². The number of hydrogen-bond acceptors (Lipinski definition) is 2. The zero-order valence-corrected chi connectivity index (χ0v) is 19.1. The van der Waals surface area contributed by atoms with Crippen LogP contribution in [0.1, 0.15) is 52.7 Å². The van der Waals surface area contributed by atoms with Crippen LogP contribution >= 0.6 is 0 Å². The minimum atomic E-state index is -1.87. The molecule has 0 amide bonds. The number of para-hydroxylation sites is 1. The fraction of sp³-hybridized carbons (Fsp3) is 0.400. The predicted molar refractivity (Wildman–Crippen MR) is 124 cm³/mol. The molecule has 148 valence electrons. The summed E-state index contributed by atoms with van der Waals surface area (Å²) in [4.78, 5) is 4.63. The lowest BCUT2D eigenvalue weighted by Crippen LogP contribution is -2.47. The first-order valence-electron chi connectivity index (χ1n) is 10.2. The van der Waals surface area contributed by atoms with E-state index in [1.807, 2.05) is 60.8 Å². The molecule has 0 saturated carbocycles. The van der Waals surface area contributed by atoms with Gasteiger partial charge in [-0.1, -0.05) is 95.8 Å². The van der Waals surface area contributed by atoms with Crippen molar-refractivity contribution >= 4 is 20.2 Å². The highest BCUT2D eigenvalue weighted by Crippen LogP contribution is 2.42. The Morgan fingerprint density at radius 3 is 2.04 bits per heavy atom. The summed E-state index contributed by atoms with van der Waals surface area (Å²) in [5.74, 6) is 6.52. The Labute approximate surface area is 172 Å². The SMILES string of the molecule is CC(C)[Si](OCC#Cc1ccccc1N=Cc1ccccc1)(C(C)C)C(C)C. The highest BCUT2D eigenvalue weighted by atomic mass is 28.4. The molecular weight excluding hydrogens is 358 g/mol. The Kier molecular flexibility index (Phi) is 8.23. The topological polar surface area (TPSA) is 21.6 Å². The van der Waals surface area contributed by atoms with Crippen molar-refractivity contribution in [2.75, 3.05) is 6.61 Å². The molecular formula is C25H33NOSi. The Morgan fingerprint density at radius 1 is 0.857 bits per heavy atom. The summed E-state index contributed by atoms with van der Waals surface area (Å²) < 4.78 is 6.53. The lowest BCUT2D eigenvalue weighted by molar-refractivity contribution is 0.322. The summed E-state index contributed by atoms with van der Waals surface area (Å²) in [5.41, 5.74) is 4.60. The van der Waals surface area contributed by atoms with Gasteiger partial charge >= 0.3 is 0 Å². The van der Waals surface area contributed by atoms with Gasteiger partial charge in [0.25, 0.3) is 0 Å². The van der Waals surface area contributed by atoms with Crippen LogP contribution in [0.25, 0.3) is 0 Å². The van der Waals surface area contributed by atoms with Crippen molar-refractivity contribution in [2.45, 2.75) is 58.2 Å². The lowest BCUT2D eigenvalue weighted by Gasteiger charge is -2.41. The summed E-state index contributed by atoms with van der Waals surface area (Å²) in [5, 5.41) is 0. The summed E-state index contributed by atoms with van der Waals surface area (Å²) in [7, 11) is -1.87. The molecule has 0 aliphatic heterocycles. The van der Waals surface area contributed by atoms with E-state index >= 15 is 0 Å².